The number of benzene rings is 1. The van der Waals surface area contributed by atoms with Crippen LogP contribution in [0.4, 0.5) is 0 Å². The number of hydrogen-bond acceptors (Lipinski definition) is 4. The largest absolute Gasteiger partial charge is 0.474 e. The summed E-state index contributed by atoms with van der Waals surface area (Å²) in [7, 11) is 0. The Bertz CT molecular complexity index is 774. The average Bonchev–Trinajstić information content (AvgIpc) is 3.20. The maximum absolute atomic E-state index is 12.0. The lowest BCUT2D eigenvalue weighted by Gasteiger charge is -2.13. The molecule has 148 valence electrons. The van der Waals surface area contributed by atoms with E-state index in [0.29, 0.717) is 25.4 Å². The zero-order valence-corrected chi connectivity index (χ0v) is 16.0. The summed E-state index contributed by atoms with van der Waals surface area (Å²) in [5.41, 5.74) is 1.90. The third-order valence-corrected chi connectivity index (χ3v) is 4.76. The van der Waals surface area contributed by atoms with E-state index in [1.807, 2.05) is 42.5 Å². The van der Waals surface area contributed by atoms with Crippen LogP contribution in [0.25, 0.3) is 0 Å². The van der Waals surface area contributed by atoms with Gasteiger partial charge in [0, 0.05) is 31.8 Å². The van der Waals surface area contributed by atoms with Gasteiger partial charge in [0.2, 0.25) is 17.7 Å². The van der Waals surface area contributed by atoms with Crippen LogP contribution < -0.4 is 15.4 Å². The maximum atomic E-state index is 12.0. The van der Waals surface area contributed by atoms with Crippen LogP contribution in [-0.4, -0.2) is 29.4 Å². The van der Waals surface area contributed by atoms with Crippen molar-refractivity contribution in [2.75, 3.05) is 6.54 Å². The van der Waals surface area contributed by atoms with E-state index < -0.39 is 0 Å². The Morgan fingerprint density at radius 1 is 1.00 bits per heavy atom. The van der Waals surface area contributed by atoms with Crippen molar-refractivity contribution in [2.45, 2.75) is 51.2 Å². The Morgan fingerprint density at radius 2 is 1.79 bits per heavy atom. The van der Waals surface area contributed by atoms with Crippen molar-refractivity contribution in [1.82, 2.24) is 15.6 Å². The van der Waals surface area contributed by atoms with Crippen molar-refractivity contribution < 1.29 is 14.3 Å². The lowest BCUT2D eigenvalue weighted by molar-refractivity contribution is -0.122. The molecule has 1 heterocycles. The van der Waals surface area contributed by atoms with Crippen LogP contribution in [0.2, 0.25) is 0 Å². The highest BCUT2D eigenvalue weighted by atomic mass is 16.5. The van der Waals surface area contributed by atoms with Gasteiger partial charge < -0.3 is 15.4 Å². The quantitative estimate of drug-likeness (QED) is 0.700. The van der Waals surface area contributed by atoms with E-state index in [1.165, 1.54) is 12.8 Å². The lowest BCUT2D eigenvalue weighted by atomic mass is 10.1. The van der Waals surface area contributed by atoms with Crippen LogP contribution in [0, 0.1) is 0 Å². The fourth-order valence-electron chi connectivity index (χ4n) is 3.25. The molecule has 2 amide bonds. The van der Waals surface area contributed by atoms with Gasteiger partial charge in [-0.1, -0.05) is 30.3 Å². The number of aromatic nitrogens is 1. The first-order chi connectivity index (χ1) is 13.7. The minimum atomic E-state index is -0.102. The van der Waals surface area contributed by atoms with Crippen LogP contribution in [0.5, 0.6) is 5.88 Å². The van der Waals surface area contributed by atoms with Crippen molar-refractivity contribution >= 4 is 11.8 Å². The van der Waals surface area contributed by atoms with Gasteiger partial charge in [0.15, 0.2) is 0 Å². The Labute approximate surface area is 165 Å². The molecule has 1 fully saturated rings. The smallest absolute Gasteiger partial charge is 0.224 e. The monoisotopic (exact) mass is 381 g/mol. The van der Waals surface area contributed by atoms with Gasteiger partial charge in [0.05, 0.1) is 6.42 Å². The second-order valence-corrected chi connectivity index (χ2v) is 7.07. The topological polar surface area (TPSA) is 80.3 Å². The average molecular weight is 381 g/mol. The molecule has 1 saturated carbocycles. The molecule has 6 nitrogen and oxygen atoms in total. The molecular formula is C22H27N3O3. The van der Waals surface area contributed by atoms with Crippen molar-refractivity contribution in [3.63, 3.8) is 0 Å². The number of pyridine rings is 1. The van der Waals surface area contributed by atoms with E-state index in [4.69, 9.17) is 4.74 Å². The second-order valence-electron chi connectivity index (χ2n) is 7.07. The third kappa shape index (κ3) is 6.68. The number of ether oxygens (including phenoxy) is 1. The molecule has 0 saturated heterocycles. The highest BCUT2D eigenvalue weighted by Gasteiger charge is 2.17. The molecule has 0 aliphatic heterocycles. The fourth-order valence-corrected chi connectivity index (χ4v) is 3.25. The predicted octanol–water partition coefficient (Wildman–Crippen LogP) is 2.77. The minimum Gasteiger partial charge on any atom is -0.474 e. The second kappa shape index (κ2) is 10.4. The maximum Gasteiger partial charge on any atom is 0.224 e. The van der Waals surface area contributed by atoms with Crippen LogP contribution >= 0.6 is 0 Å². The Hall–Kier alpha value is -2.89. The summed E-state index contributed by atoms with van der Waals surface area (Å²) in [6.07, 6.45) is 7.12. The van der Waals surface area contributed by atoms with E-state index in [1.54, 1.807) is 6.20 Å². The molecule has 1 aromatic carbocycles. The van der Waals surface area contributed by atoms with Gasteiger partial charge in [0.25, 0.3) is 0 Å². The third-order valence-electron chi connectivity index (χ3n) is 4.76. The van der Waals surface area contributed by atoms with Crippen LogP contribution in [-0.2, 0) is 22.6 Å². The summed E-state index contributed by atoms with van der Waals surface area (Å²) in [5.74, 6) is 0.434. The van der Waals surface area contributed by atoms with E-state index in [0.717, 1.165) is 24.0 Å². The van der Waals surface area contributed by atoms with Crippen molar-refractivity contribution in [3.8, 4) is 5.88 Å². The minimum absolute atomic E-state index is 0.0816. The SMILES string of the molecule is O=C(CCNC(=O)Cc1ccccc1)NCc1ccnc(OC2CCCC2)c1. The number of hydrogen-bond donors (Lipinski definition) is 2. The number of carbonyl (C=O) groups is 2. The fraction of sp³-hybridized carbons (Fsp3) is 0.409. The normalized spacial score (nSPS) is 13.9. The Kier molecular flexibility index (Phi) is 7.41. The molecule has 1 aliphatic rings. The molecule has 3 rings (SSSR count). The van der Waals surface area contributed by atoms with Crippen LogP contribution in [0.3, 0.4) is 0 Å². The van der Waals surface area contributed by atoms with Gasteiger partial charge in [-0.25, -0.2) is 4.98 Å². The van der Waals surface area contributed by atoms with E-state index >= 15 is 0 Å². The molecule has 6 heteroatoms. The van der Waals surface area contributed by atoms with E-state index in [2.05, 4.69) is 15.6 Å². The Morgan fingerprint density at radius 3 is 2.57 bits per heavy atom. The lowest BCUT2D eigenvalue weighted by Crippen LogP contribution is -2.31. The summed E-state index contributed by atoms with van der Waals surface area (Å²) < 4.78 is 5.89. The summed E-state index contributed by atoms with van der Waals surface area (Å²) in [6.45, 7) is 0.740. The van der Waals surface area contributed by atoms with Gasteiger partial charge in [0.1, 0.15) is 6.10 Å². The van der Waals surface area contributed by atoms with Gasteiger partial charge in [-0.05, 0) is 42.9 Å². The van der Waals surface area contributed by atoms with Crippen molar-refractivity contribution in [2.24, 2.45) is 0 Å². The summed E-state index contributed by atoms with van der Waals surface area (Å²) in [6, 6.07) is 13.3. The molecule has 28 heavy (non-hydrogen) atoms. The standard InChI is InChI=1S/C22H27N3O3/c26-20(11-13-23-21(27)14-17-6-2-1-3-7-17)25-16-18-10-12-24-22(15-18)28-19-8-4-5-9-19/h1-3,6-7,10,12,15,19H,4-5,8-9,11,13-14,16H2,(H,23,27)(H,25,26). The number of nitrogens with one attached hydrogen (secondary N) is 2. The molecule has 2 N–H and O–H groups in total. The van der Waals surface area contributed by atoms with Crippen molar-refractivity contribution in [1.29, 1.82) is 0 Å². The highest BCUT2D eigenvalue weighted by molar-refractivity contribution is 5.80. The van der Waals surface area contributed by atoms with Crippen molar-refractivity contribution in [3.05, 3.63) is 59.8 Å². The number of amides is 2. The first kappa shape index (κ1) is 19.9. The summed E-state index contributed by atoms with van der Waals surface area (Å²) in [5, 5.41) is 5.65. The van der Waals surface area contributed by atoms with E-state index in [9.17, 15) is 9.59 Å². The molecular weight excluding hydrogens is 354 g/mol. The van der Waals surface area contributed by atoms with Gasteiger partial charge in [-0.15, -0.1) is 0 Å². The Balaban J connectivity index is 1.34. The molecule has 0 atom stereocenters. The molecule has 0 radical (unpaired) electrons. The first-order valence-corrected chi connectivity index (χ1v) is 9.88. The molecule has 1 aliphatic carbocycles. The highest BCUT2D eigenvalue weighted by Crippen LogP contribution is 2.23. The zero-order chi connectivity index (χ0) is 19.6. The molecule has 0 unspecified atom stereocenters. The van der Waals surface area contributed by atoms with Crippen LogP contribution in [0.15, 0.2) is 48.7 Å². The van der Waals surface area contributed by atoms with E-state index in [-0.39, 0.29) is 24.3 Å². The van der Waals surface area contributed by atoms with Gasteiger partial charge >= 0.3 is 0 Å². The number of carbonyl (C=O) groups excluding carboxylic acids is 2. The molecule has 0 bridgehead atoms. The molecule has 0 spiro atoms. The predicted molar refractivity (Wildman–Crippen MR) is 107 cm³/mol. The van der Waals surface area contributed by atoms with Crippen LogP contribution in [0.1, 0.15) is 43.2 Å². The first-order valence-electron chi connectivity index (χ1n) is 9.88. The van der Waals surface area contributed by atoms with Gasteiger partial charge in [-0.2, -0.15) is 0 Å². The number of rotatable bonds is 9. The molecule has 1 aromatic heterocycles. The zero-order valence-electron chi connectivity index (χ0n) is 16.0. The summed E-state index contributed by atoms with van der Waals surface area (Å²) >= 11 is 0. The van der Waals surface area contributed by atoms with Gasteiger partial charge in [-0.3, -0.25) is 9.59 Å². The number of nitrogens with zero attached hydrogens (tertiary/aromatic N) is 1. The summed E-state index contributed by atoms with van der Waals surface area (Å²) in [4.78, 5) is 28.2. The molecule has 2 aromatic rings.